The number of sulfonamides is 1. The maximum Gasteiger partial charge on any atom is 0.290 e. The fourth-order valence-electron chi connectivity index (χ4n) is 2.70. The first-order valence-corrected chi connectivity index (χ1v) is 9.38. The van der Waals surface area contributed by atoms with Gasteiger partial charge in [-0.05, 0) is 24.6 Å². The highest BCUT2D eigenvalue weighted by molar-refractivity contribution is 7.88. The second kappa shape index (κ2) is 6.74. The summed E-state index contributed by atoms with van der Waals surface area (Å²) in [6, 6.07) is 13.1. The Hall–Kier alpha value is -1.83. The van der Waals surface area contributed by atoms with Crippen molar-refractivity contribution in [2.24, 2.45) is 0 Å². The van der Waals surface area contributed by atoms with Crippen LogP contribution >= 0.6 is 0 Å². The van der Waals surface area contributed by atoms with Crippen LogP contribution < -0.4 is 9.46 Å². The van der Waals surface area contributed by atoms with Crippen LogP contribution in [0.4, 0.5) is 0 Å². The van der Waals surface area contributed by atoms with Gasteiger partial charge in [0.2, 0.25) is 10.0 Å². The molecule has 1 aromatic heterocycles. The molecule has 7 heteroatoms. The van der Waals surface area contributed by atoms with E-state index in [0.29, 0.717) is 19.0 Å². The molecule has 1 aromatic carbocycles. The van der Waals surface area contributed by atoms with Gasteiger partial charge in [0, 0.05) is 25.2 Å². The van der Waals surface area contributed by atoms with Gasteiger partial charge in [0.1, 0.15) is 11.5 Å². The Labute approximate surface area is 136 Å². The first-order chi connectivity index (χ1) is 11.0. The summed E-state index contributed by atoms with van der Waals surface area (Å²) in [4.78, 5) is 2.16. The molecule has 2 aromatic rings. The molecule has 0 amide bonds. The van der Waals surface area contributed by atoms with E-state index in [4.69, 9.17) is 9.15 Å². The highest BCUT2D eigenvalue weighted by Gasteiger charge is 2.25. The number of ether oxygens (including phenoxy) is 1. The highest BCUT2D eigenvalue weighted by Crippen LogP contribution is 2.24. The van der Waals surface area contributed by atoms with Crippen molar-refractivity contribution in [3.63, 3.8) is 0 Å². The Bertz CT molecular complexity index is 742. The van der Waals surface area contributed by atoms with E-state index in [1.807, 2.05) is 36.4 Å². The minimum absolute atomic E-state index is 0.0278. The number of furan rings is 1. The molecule has 6 nitrogen and oxygen atoms in total. The average molecular weight is 336 g/mol. The SMILES string of the molecule is CS(=O)(=O)NC1CCN(Cc2ccc(Oc3ccccc3)o2)C1. The highest BCUT2D eigenvalue weighted by atomic mass is 32.2. The third-order valence-corrected chi connectivity index (χ3v) is 4.39. The lowest BCUT2D eigenvalue weighted by atomic mass is 10.3. The van der Waals surface area contributed by atoms with Crippen LogP contribution in [0.1, 0.15) is 12.2 Å². The van der Waals surface area contributed by atoms with Crippen molar-refractivity contribution < 1.29 is 17.6 Å². The van der Waals surface area contributed by atoms with E-state index < -0.39 is 10.0 Å². The van der Waals surface area contributed by atoms with E-state index in [1.165, 1.54) is 6.26 Å². The van der Waals surface area contributed by atoms with E-state index in [-0.39, 0.29) is 6.04 Å². The van der Waals surface area contributed by atoms with Gasteiger partial charge in [-0.15, -0.1) is 0 Å². The fraction of sp³-hybridized carbons (Fsp3) is 0.375. The van der Waals surface area contributed by atoms with Crippen LogP contribution in [0, 0.1) is 0 Å². The van der Waals surface area contributed by atoms with Crippen LogP contribution in [0.15, 0.2) is 46.9 Å². The Morgan fingerprint density at radius 3 is 2.78 bits per heavy atom. The average Bonchev–Trinajstić information content (AvgIpc) is 3.09. The lowest BCUT2D eigenvalue weighted by molar-refractivity contribution is 0.269. The van der Waals surface area contributed by atoms with Crippen molar-refractivity contribution in [3.8, 4) is 11.7 Å². The van der Waals surface area contributed by atoms with Gasteiger partial charge < -0.3 is 9.15 Å². The summed E-state index contributed by atoms with van der Waals surface area (Å²) in [7, 11) is -3.15. The molecule has 0 radical (unpaired) electrons. The Morgan fingerprint density at radius 1 is 1.26 bits per heavy atom. The van der Waals surface area contributed by atoms with E-state index in [0.717, 1.165) is 24.5 Å². The smallest absolute Gasteiger partial charge is 0.290 e. The third kappa shape index (κ3) is 4.82. The maximum absolute atomic E-state index is 11.3. The number of likely N-dealkylation sites (tertiary alicyclic amines) is 1. The van der Waals surface area contributed by atoms with E-state index in [9.17, 15) is 8.42 Å². The second-order valence-corrected chi connectivity index (χ2v) is 7.53. The molecule has 1 saturated heterocycles. The van der Waals surface area contributed by atoms with Gasteiger partial charge in [-0.1, -0.05) is 18.2 Å². The summed E-state index contributed by atoms with van der Waals surface area (Å²) >= 11 is 0. The third-order valence-electron chi connectivity index (χ3n) is 3.63. The van der Waals surface area contributed by atoms with Crippen molar-refractivity contribution >= 4 is 10.0 Å². The molecule has 0 saturated carbocycles. The van der Waals surface area contributed by atoms with Crippen molar-refractivity contribution in [2.75, 3.05) is 19.3 Å². The molecule has 1 fully saturated rings. The van der Waals surface area contributed by atoms with E-state index >= 15 is 0 Å². The molecule has 3 rings (SSSR count). The predicted molar refractivity (Wildman–Crippen MR) is 86.9 cm³/mol. The second-order valence-electron chi connectivity index (χ2n) is 5.75. The molecule has 1 N–H and O–H groups in total. The quantitative estimate of drug-likeness (QED) is 0.875. The molecule has 1 aliphatic heterocycles. The van der Waals surface area contributed by atoms with Gasteiger partial charge in [-0.2, -0.15) is 0 Å². The minimum Gasteiger partial charge on any atom is -0.429 e. The molecule has 124 valence electrons. The summed E-state index contributed by atoms with van der Waals surface area (Å²) in [5, 5.41) is 0. The Balaban J connectivity index is 1.54. The van der Waals surface area contributed by atoms with Crippen LogP contribution in [0.3, 0.4) is 0 Å². The summed E-state index contributed by atoms with van der Waals surface area (Å²) in [5.41, 5.74) is 0. The molecular weight excluding hydrogens is 316 g/mol. The number of hydrogen-bond donors (Lipinski definition) is 1. The van der Waals surface area contributed by atoms with E-state index in [1.54, 1.807) is 6.07 Å². The van der Waals surface area contributed by atoms with Crippen molar-refractivity contribution in [3.05, 3.63) is 48.2 Å². The molecule has 2 heterocycles. The molecule has 1 unspecified atom stereocenters. The first-order valence-electron chi connectivity index (χ1n) is 7.49. The number of benzene rings is 1. The summed E-state index contributed by atoms with van der Waals surface area (Å²) in [6.07, 6.45) is 2.00. The lowest BCUT2D eigenvalue weighted by Crippen LogP contribution is -2.36. The Kier molecular flexibility index (Phi) is 4.70. The van der Waals surface area contributed by atoms with Gasteiger partial charge in [0.25, 0.3) is 5.95 Å². The lowest BCUT2D eigenvalue weighted by Gasteiger charge is -2.14. The monoisotopic (exact) mass is 336 g/mol. The first kappa shape index (κ1) is 16.0. The molecule has 0 aliphatic carbocycles. The molecule has 0 spiro atoms. The minimum atomic E-state index is -3.15. The van der Waals surface area contributed by atoms with E-state index in [2.05, 4.69) is 9.62 Å². The van der Waals surface area contributed by atoms with Crippen molar-refractivity contribution in [2.45, 2.75) is 19.0 Å². The number of rotatable bonds is 6. The molecule has 0 bridgehead atoms. The van der Waals surface area contributed by atoms with Crippen LogP contribution in [0.5, 0.6) is 11.7 Å². The maximum atomic E-state index is 11.3. The van der Waals surface area contributed by atoms with Gasteiger partial charge in [0.15, 0.2) is 0 Å². The normalized spacial score (nSPS) is 19.1. The van der Waals surface area contributed by atoms with Gasteiger partial charge in [0.05, 0.1) is 12.8 Å². The summed E-state index contributed by atoms with van der Waals surface area (Å²) in [6.45, 7) is 2.16. The van der Waals surface area contributed by atoms with Crippen molar-refractivity contribution in [1.29, 1.82) is 0 Å². The van der Waals surface area contributed by atoms with Crippen LogP contribution in [-0.2, 0) is 16.6 Å². The standard InChI is InChI=1S/C16H20N2O4S/c1-23(19,20)17-13-9-10-18(11-13)12-15-7-8-16(22-15)21-14-5-3-2-4-6-14/h2-8,13,17H,9-12H2,1H3. The zero-order valence-electron chi connectivity index (χ0n) is 12.9. The number of hydrogen-bond acceptors (Lipinski definition) is 5. The largest absolute Gasteiger partial charge is 0.429 e. The number of para-hydroxylation sites is 1. The topological polar surface area (TPSA) is 71.8 Å². The number of nitrogens with one attached hydrogen (secondary N) is 1. The Morgan fingerprint density at radius 2 is 2.04 bits per heavy atom. The molecular formula is C16H20N2O4S. The van der Waals surface area contributed by atoms with Crippen LogP contribution in [-0.4, -0.2) is 38.7 Å². The summed E-state index contributed by atoms with van der Waals surface area (Å²) in [5.74, 6) is 1.99. The predicted octanol–water partition coefficient (Wildman–Crippen LogP) is 2.20. The molecule has 1 atom stereocenters. The van der Waals surface area contributed by atoms with Gasteiger partial charge in [-0.3, -0.25) is 4.90 Å². The van der Waals surface area contributed by atoms with Gasteiger partial charge >= 0.3 is 0 Å². The van der Waals surface area contributed by atoms with Crippen molar-refractivity contribution in [1.82, 2.24) is 9.62 Å². The van der Waals surface area contributed by atoms with Gasteiger partial charge in [-0.25, -0.2) is 13.1 Å². The zero-order valence-corrected chi connectivity index (χ0v) is 13.8. The van der Waals surface area contributed by atoms with Crippen LogP contribution in [0.2, 0.25) is 0 Å². The molecule has 23 heavy (non-hydrogen) atoms. The summed E-state index contributed by atoms with van der Waals surface area (Å²) < 4.78 is 36.5. The van der Waals surface area contributed by atoms with Crippen LogP contribution in [0.25, 0.3) is 0 Å². The molecule has 1 aliphatic rings. The fourth-order valence-corrected chi connectivity index (χ4v) is 3.50. The number of nitrogens with zero attached hydrogens (tertiary/aromatic N) is 1. The zero-order chi connectivity index (χ0) is 16.3.